The number of rotatable bonds is 4. The summed E-state index contributed by atoms with van der Waals surface area (Å²) < 4.78 is 5.63. The molecular weight excluding hydrogens is 426 g/mol. The van der Waals surface area contributed by atoms with Crippen molar-refractivity contribution in [3.05, 3.63) is 70.3 Å². The van der Waals surface area contributed by atoms with Crippen LogP contribution in [-0.4, -0.2) is 34.8 Å². The van der Waals surface area contributed by atoms with Crippen molar-refractivity contribution in [1.29, 1.82) is 0 Å². The molecule has 0 aromatic heterocycles. The summed E-state index contributed by atoms with van der Waals surface area (Å²) in [6, 6.07) is 12.7. The van der Waals surface area contributed by atoms with E-state index in [1.54, 1.807) is 12.0 Å². The predicted octanol–water partition coefficient (Wildman–Crippen LogP) is 6.06. The van der Waals surface area contributed by atoms with E-state index in [0.717, 1.165) is 48.8 Å². The second-order valence-electron chi connectivity index (χ2n) is 10.5. The molecular formula is C29H35NO4. The van der Waals surface area contributed by atoms with Gasteiger partial charge in [-0.1, -0.05) is 70.4 Å². The number of carbonyl (C=O) groups excluding carboxylic acids is 2. The Morgan fingerprint density at radius 1 is 1.03 bits per heavy atom. The van der Waals surface area contributed by atoms with Crippen molar-refractivity contribution in [1.82, 2.24) is 4.90 Å². The first kappa shape index (κ1) is 24.1. The zero-order valence-electron chi connectivity index (χ0n) is 20.9. The predicted molar refractivity (Wildman–Crippen MR) is 134 cm³/mol. The van der Waals surface area contributed by atoms with E-state index in [1.165, 1.54) is 0 Å². The minimum atomic E-state index is -0.683. The number of benzene rings is 2. The number of carbonyl (C=O) groups is 2. The summed E-state index contributed by atoms with van der Waals surface area (Å²) in [4.78, 5) is 28.7. The first-order chi connectivity index (χ1) is 16.1. The van der Waals surface area contributed by atoms with Crippen molar-refractivity contribution in [3.63, 3.8) is 0 Å². The van der Waals surface area contributed by atoms with Crippen molar-refractivity contribution < 1.29 is 19.4 Å². The molecule has 2 aliphatic rings. The lowest BCUT2D eigenvalue weighted by atomic mass is 9.84. The molecule has 1 aliphatic carbocycles. The van der Waals surface area contributed by atoms with Gasteiger partial charge < -0.3 is 14.7 Å². The largest absolute Gasteiger partial charge is 0.507 e. The van der Waals surface area contributed by atoms with E-state index >= 15 is 0 Å². The van der Waals surface area contributed by atoms with E-state index in [9.17, 15) is 14.7 Å². The Bertz CT molecular complexity index is 1140. The number of para-hydroxylation sites is 1. The minimum Gasteiger partial charge on any atom is -0.507 e. The van der Waals surface area contributed by atoms with Gasteiger partial charge in [0.25, 0.3) is 11.7 Å². The molecule has 1 saturated carbocycles. The van der Waals surface area contributed by atoms with Gasteiger partial charge in [-0.05, 0) is 48.4 Å². The molecule has 0 spiro atoms. The summed E-state index contributed by atoms with van der Waals surface area (Å²) in [5.74, 6) is -0.675. The fourth-order valence-corrected chi connectivity index (χ4v) is 5.27. The Labute approximate surface area is 202 Å². The van der Waals surface area contributed by atoms with Crippen molar-refractivity contribution in [2.24, 2.45) is 0 Å². The van der Waals surface area contributed by atoms with Gasteiger partial charge in [-0.3, -0.25) is 9.59 Å². The van der Waals surface area contributed by atoms with Crippen molar-refractivity contribution in [2.45, 2.75) is 77.3 Å². The fourth-order valence-electron chi connectivity index (χ4n) is 5.27. The number of nitrogens with zero attached hydrogens (tertiary/aromatic N) is 1. The number of aliphatic hydroxyl groups is 1. The number of hydrogen-bond donors (Lipinski definition) is 1. The average Bonchev–Trinajstić information content (AvgIpc) is 3.09. The van der Waals surface area contributed by atoms with Crippen LogP contribution in [0.5, 0.6) is 5.75 Å². The zero-order chi connectivity index (χ0) is 24.6. The standard InChI is InChI=1S/C29H35NO4/c1-18-15-16-19(29(2,3)4)17-22(18)26(31)24-25(21-13-9-10-14-23(21)34-5)30(28(33)27(24)32)20-11-7-6-8-12-20/h9-10,13-17,20,25,31H,6-8,11-12H2,1-5H3/b26-24+. The molecule has 5 nitrogen and oxygen atoms in total. The lowest BCUT2D eigenvalue weighted by molar-refractivity contribution is -0.141. The second kappa shape index (κ2) is 9.28. The van der Waals surface area contributed by atoms with Gasteiger partial charge in [-0.2, -0.15) is 0 Å². The van der Waals surface area contributed by atoms with Crippen LogP contribution in [0, 0.1) is 6.92 Å². The first-order valence-corrected chi connectivity index (χ1v) is 12.2. The number of ether oxygens (including phenoxy) is 1. The van der Waals surface area contributed by atoms with Gasteiger partial charge in [0, 0.05) is 17.2 Å². The number of hydrogen-bond acceptors (Lipinski definition) is 4. The summed E-state index contributed by atoms with van der Waals surface area (Å²) in [6.45, 7) is 8.24. The Kier molecular flexibility index (Phi) is 6.57. The molecule has 4 rings (SSSR count). The van der Waals surface area contributed by atoms with E-state index in [4.69, 9.17) is 4.74 Å². The highest BCUT2D eigenvalue weighted by atomic mass is 16.5. The summed E-state index contributed by atoms with van der Waals surface area (Å²) in [5.41, 5.74) is 3.24. The minimum absolute atomic E-state index is 0.0348. The summed E-state index contributed by atoms with van der Waals surface area (Å²) in [7, 11) is 1.59. The van der Waals surface area contributed by atoms with Crippen LogP contribution in [-0.2, 0) is 15.0 Å². The monoisotopic (exact) mass is 461 g/mol. The van der Waals surface area contributed by atoms with Crippen LogP contribution in [0.25, 0.3) is 5.76 Å². The molecule has 1 saturated heterocycles. The average molecular weight is 462 g/mol. The molecule has 34 heavy (non-hydrogen) atoms. The van der Waals surface area contributed by atoms with Crippen LogP contribution in [0.1, 0.15) is 81.2 Å². The van der Waals surface area contributed by atoms with E-state index in [1.807, 2.05) is 49.4 Å². The Morgan fingerprint density at radius 2 is 1.71 bits per heavy atom. The van der Waals surface area contributed by atoms with Crippen LogP contribution in [0.3, 0.4) is 0 Å². The summed E-state index contributed by atoms with van der Waals surface area (Å²) in [6.07, 6.45) is 4.91. The highest BCUT2D eigenvalue weighted by Crippen LogP contribution is 2.46. The summed E-state index contributed by atoms with van der Waals surface area (Å²) >= 11 is 0. The molecule has 0 radical (unpaired) electrons. The normalized spacial score (nSPS) is 21.2. The van der Waals surface area contributed by atoms with Gasteiger partial charge in [-0.25, -0.2) is 0 Å². The maximum absolute atomic E-state index is 13.5. The number of aliphatic hydroxyl groups excluding tert-OH is 1. The van der Waals surface area contributed by atoms with E-state index in [-0.39, 0.29) is 22.8 Å². The maximum Gasteiger partial charge on any atom is 0.295 e. The second-order valence-corrected chi connectivity index (χ2v) is 10.5. The first-order valence-electron chi connectivity index (χ1n) is 12.2. The van der Waals surface area contributed by atoms with Crippen molar-refractivity contribution in [2.75, 3.05) is 7.11 Å². The van der Waals surface area contributed by atoms with Crippen LogP contribution >= 0.6 is 0 Å². The third kappa shape index (κ3) is 4.24. The lowest BCUT2D eigenvalue weighted by Gasteiger charge is -2.36. The highest BCUT2D eigenvalue weighted by Gasteiger charge is 2.49. The van der Waals surface area contributed by atoms with Gasteiger partial charge in [0.2, 0.25) is 0 Å². The maximum atomic E-state index is 13.5. The van der Waals surface area contributed by atoms with Gasteiger partial charge in [0.15, 0.2) is 0 Å². The summed E-state index contributed by atoms with van der Waals surface area (Å²) in [5, 5.41) is 11.6. The van der Waals surface area contributed by atoms with Crippen molar-refractivity contribution >= 4 is 17.4 Å². The molecule has 2 fully saturated rings. The molecule has 1 amide bonds. The van der Waals surface area contributed by atoms with Crippen molar-refractivity contribution in [3.8, 4) is 5.75 Å². The molecule has 180 valence electrons. The van der Waals surface area contributed by atoms with Crippen LogP contribution < -0.4 is 4.74 Å². The molecule has 1 unspecified atom stereocenters. The zero-order valence-corrected chi connectivity index (χ0v) is 20.9. The van der Waals surface area contributed by atoms with Crippen LogP contribution in [0.4, 0.5) is 0 Å². The molecule has 1 N–H and O–H groups in total. The third-order valence-electron chi connectivity index (χ3n) is 7.24. The van der Waals surface area contributed by atoms with E-state index in [0.29, 0.717) is 11.3 Å². The number of ketones is 1. The number of Topliss-reactive ketones (excluding diaryl/α,β-unsaturated/α-hetero) is 1. The van der Waals surface area contributed by atoms with Gasteiger partial charge in [-0.15, -0.1) is 0 Å². The number of aryl methyl sites for hydroxylation is 1. The molecule has 1 aliphatic heterocycles. The fraction of sp³-hybridized carbons (Fsp3) is 0.448. The Morgan fingerprint density at radius 3 is 2.35 bits per heavy atom. The molecule has 0 bridgehead atoms. The smallest absolute Gasteiger partial charge is 0.295 e. The quantitative estimate of drug-likeness (QED) is 0.342. The van der Waals surface area contributed by atoms with Crippen LogP contribution in [0.15, 0.2) is 48.0 Å². The number of likely N-dealkylation sites (tertiary alicyclic amines) is 1. The SMILES string of the molecule is COc1ccccc1C1/C(=C(\O)c2cc(C(C)(C)C)ccc2C)C(=O)C(=O)N1C1CCCCC1. The topological polar surface area (TPSA) is 66.8 Å². The van der Waals surface area contributed by atoms with E-state index in [2.05, 4.69) is 20.8 Å². The Hall–Kier alpha value is -3.08. The third-order valence-corrected chi connectivity index (χ3v) is 7.24. The van der Waals surface area contributed by atoms with Gasteiger partial charge in [0.1, 0.15) is 11.5 Å². The number of amides is 1. The van der Waals surface area contributed by atoms with Crippen LogP contribution in [0.2, 0.25) is 0 Å². The molecule has 1 atom stereocenters. The van der Waals surface area contributed by atoms with E-state index < -0.39 is 17.7 Å². The molecule has 2 aromatic carbocycles. The van der Waals surface area contributed by atoms with Gasteiger partial charge in [0.05, 0.1) is 18.7 Å². The number of methoxy groups -OCH3 is 1. The molecule has 5 heteroatoms. The molecule has 1 heterocycles. The highest BCUT2D eigenvalue weighted by molar-refractivity contribution is 6.46. The Balaban J connectivity index is 1.95. The lowest BCUT2D eigenvalue weighted by Crippen LogP contribution is -2.40. The molecule has 2 aromatic rings. The van der Waals surface area contributed by atoms with Gasteiger partial charge >= 0.3 is 0 Å².